The molecule has 0 aliphatic carbocycles. The Bertz CT molecular complexity index is 578. The molecule has 0 radical (unpaired) electrons. The van der Waals surface area contributed by atoms with E-state index in [1.165, 1.54) is 11.1 Å². The molecule has 1 heterocycles. The van der Waals surface area contributed by atoms with Gasteiger partial charge in [-0.2, -0.15) is 5.10 Å². The van der Waals surface area contributed by atoms with E-state index in [1.807, 2.05) is 16.9 Å². The average Bonchev–Trinajstić information content (AvgIpc) is 3.02. The summed E-state index contributed by atoms with van der Waals surface area (Å²) < 4.78 is 1.90. The van der Waals surface area contributed by atoms with Crippen LogP contribution in [0.2, 0.25) is 0 Å². The molecule has 0 unspecified atom stereocenters. The van der Waals surface area contributed by atoms with Gasteiger partial charge in [0, 0.05) is 32.5 Å². The maximum absolute atomic E-state index is 4.67. The van der Waals surface area contributed by atoms with Gasteiger partial charge in [-0.3, -0.25) is 9.67 Å². The van der Waals surface area contributed by atoms with Gasteiger partial charge in [-0.1, -0.05) is 29.8 Å². The number of hydrogen-bond donors (Lipinski definition) is 1. The summed E-state index contributed by atoms with van der Waals surface area (Å²) in [6, 6.07) is 10.5. The van der Waals surface area contributed by atoms with Crippen LogP contribution in [0, 0.1) is 6.92 Å². The molecule has 0 fully saturated rings. The molecule has 0 bridgehead atoms. The fourth-order valence-electron chi connectivity index (χ4n) is 2.20. The molecule has 1 aromatic carbocycles. The van der Waals surface area contributed by atoms with Gasteiger partial charge in [0.2, 0.25) is 0 Å². The summed E-state index contributed by atoms with van der Waals surface area (Å²) in [5, 5.41) is 7.53. The van der Waals surface area contributed by atoms with Crippen molar-refractivity contribution in [2.24, 2.45) is 4.99 Å². The Kier molecular flexibility index (Phi) is 8.68. The van der Waals surface area contributed by atoms with Gasteiger partial charge in [-0.25, -0.2) is 0 Å². The Morgan fingerprint density at radius 1 is 1.30 bits per heavy atom. The highest BCUT2D eigenvalue weighted by molar-refractivity contribution is 14.0. The number of aliphatic imine (C=N–C) groups is 1. The van der Waals surface area contributed by atoms with Crippen molar-refractivity contribution in [3.8, 4) is 0 Å². The van der Waals surface area contributed by atoms with E-state index in [0.29, 0.717) is 6.54 Å². The topological polar surface area (TPSA) is 45.5 Å². The second kappa shape index (κ2) is 10.3. The number of hydrogen-bond acceptors (Lipinski definition) is 2. The summed E-state index contributed by atoms with van der Waals surface area (Å²) in [6.45, 7) is 7.40. The van der Waals surface area contributed by atoms with Gasteiger partial charge in [-0.05, 0) is 25.5 Å². The van der Waals surface area contributed by atoms with Crippen molar-refractivity contribution >= 4 is 29.9 Å². The molecule has 126 valence electrons. The minimum absolute atomic E-state index is 0. The number of aryl methyl sites for hydroxylation is 1. The Morgan fingerprint density at radius 3 is 2.65 bits per heavy atom. The van der Waals surface area contributed by atoms with E-state index in [2.05, 4.69) is 65.5 Å². The molecule has 6 heteroatoms. The lowest BCUT2D eigenvalue weighted by atomic mass is 10.1. The number of benzene rings is 1. The lowest BCUT2D eigenvalue weighted by Gasteiger charge is -2.22. The summed E-state index contributed by atoms with van der Waals surface area (Å²) in [5.74, 6) is 0.926. The molecule has 0 saturated heterocycles. The predicted molar refractivity (Wildman–Crippen MR) is 106 cm³/mol. The highest BCUT2D eigenvalue weighted by Crippen LogP contribution is 2.06. The fourth-order valence-corrected chi connectivity index (χ4v) is 2.20. The van der Waals surface area contributed by atoms with Crippen molar-refractivity contribution in [2.45, 2.75) is 26.9 Å². The highest BCUT2D eigenvalue weighted by Gasteiger charge is 2.06. The zero-order valence-corrected chi connectivity index (χ0v) is 16.4. The summed E-state index contributed by atoms with van der Waals surface area (Å²) >= 11 is 0. The van der Waals surface area contributed by atoms with Gasteiger partial charge in [0.15, 0.2) is 5.96 Å². The van der Waals surface area contributed by atoms with E-state index >= 15 is 0 Å². The zero-order chi connectivity index (χ0) is 15.8. The highest BCUT2D eigenvalue weighted by atomic mass is 127. The van der Waals surface area contributed by atoms with E-state index < -0.39 is 0 Å². The molecule has 0 aliphatic heterocycles. The maximum atomic E-state index is 4.67. The van der Waals surface area contributed by atoms with E-state index in [-0.39, 0.29) is 24.0 Å². The van der Waals surface area contributed by atoms with E-state index in [1.54, 1.807) is 6.20 Å². The van der Waals surface area contributed by atoms with Crippen molar-refractivity contribution in [3.63, 3.8) is 0 Å². The van der Waals surface area contributed by atoms with Gasteiger partial charge in [0.05, 0.1) is 13.1 Å². The molecule has 23 heavy (non-hydrogen) atoms. The van der Waals surface area contributed by atoms with Crippen LogP contribution in [0.5, 0.6) is 0 Å². The minimum Gasteiger partial charge on any atom is -0.357 e. The zero-order valence-electron chi connectivity index (χ0n) is 14.1. The number of aromatic nitrogens is 2. The molecule has 0 aliphatic rings. The van der Waals surface area contributed by atoms with Crippen LogP contribution in [-0.4, -0.2) is 40.8 Å². The number of halogens is 1. The SMILES string of the molecule is CCNC(=NCCn1cccn1)N(C)Cc1ccc(C)cc1.I. The number of nitrogens with zero attached hydrogens (tertiary/aromatic N) is 4. The summed E-state index contributed by atoms with van der Waals surface area (Å²) in [6.07, 6.45) is 3.75. The molecule has 1 aromatic heterocycles. The monoisotopic (exact) mass is 427 g/mol. The molecule has 0 saturated carbocycles. The average molecular weight is 427 g/mol. The van der Waals surface area contributed by atoms with Gasteiger partial charge in [-0.15, -0.1) is 24.0 Å². The van der Waals surface area contributed by atoms with Crippen LogP contribution in [0.15, 0.2) is 47.7 Å². The summed E-state index contributed by atoms with van der Waals surface area (Å²) in [4.78, 5) is 6.82. The van der Waals surface area contributed by atoms with Gasteiger partial charge in [0.25, 0.3) is 0 Å². The van der Waals surface area contributed by atoms with Crippen LogP contribution in [-0.2, 0) is 13.1 Å². The van der Waals surface area contributed by atoms with Crippen molar-refractivity contribution in [1.82, 2.24) is 20.0 Å². The van der Waals surface area contributed by atoms with Gasteiger partial charge in [0.1, 0.15) is 0 Å². The van der Waals surface area contributed by atoms with Crippen LogP contribution in [0.3, 0.4) is 0 Å². The Balaban J connectivity index is 0.00000264. The standard InChI is InChI=1S/C17H25N5.HI/c1-4-18-17(19-11-13-22-12-5-10-20-22)21(3)14-16-8-6-15(2)7-9-16;/h5-10,12H,4,11,13-14H2,1-3H3,(H,18,19);1H. The number of nitrogens with one attached hydrogen (secondary N) is 1. The van der Waals surface area contributed by atoms with Gasteiger partial charge < -0.3 is 10.2 Å². The van der Waals surface area contributed by atoms with Crippen LogP contribution < -0.4 is 5.32 Å². The first-order valence-corrected chi connectivity index (χ1v) is 7.71. The molecular weight excluding hydrogens is 401 g/mol. The Hall–Kier alpha value is -1.57. The Labute approximate surface area is 155 Å². The molecule has 1 N–H and O–H groups in total. The number of rotatable bonds is 6. The largest absolute Gasteiger partial charge is 0.357 e. The van der Waals surface area contributed by atoms with E-state index in [9.17, 15) is 0 Å². The Morgan fingerprint density at radius 2 is 2.04 bits per heavy atom. The second-order valence-corrected chi connectivity index (χ2v) is 5.35. The van der Waals surface area contributed by atoms with Crippen LogP contribution in [0.4, 0.5) is 0 Å². The number of guanidine groups is 1. The van der Waals surface area contributed by atoms with Crippen molar-refractivity contribution in [1.29, 1.82) is 0 Å². The third-order valence-electron chi connectivity index (χ3n) is 3.39. The molecule has 0 amide bonds. The first-order valence-electron chi connectivity index (χ1n) is 7.71. The molecule has 5 nitrogen and oxygen atoms in total. The smallest absolute Gasteiger partial charge is 0.194 e. The van der Waals surface area contributed by atoms with Gasteiger partial charge >= 0.3 is 0 Å². The molecule has 2 aromatic rings. The normalized spacial score (nSPS) is 11.0. The van der Waals surface area contributed by atoms with Crippen LogP contribution >= 0.6 is 24.0 Å². The molecule has 2 rings (SSSR count). The van der Waals surface area contributed by atoms with E-state index in [0.717, 1.165) is 25.6 Å². The molecule has 0 spiro atoms. The van der Waals surface area contributed by atoms with E-state index in [4.69, 9.17) is 0 Å². The third-order valence-corrected chi connectivity index (χ3v) is 3.39. The predicted octanol–water partition coefficient (Wildman–Crippen LogP) is 2.91. The fraction of sp³-hybridized carbons (Fsp3) is 0.412. The maximum Gasteiger partial charge on any atom is 0.194 e. The first kappa shape index (κ1) is 19.5. The van der Waals surface area contributed by atoms with Crippen molar-refractivity contribution < 1.29 is 0 Å². The quantitative estimate of drug-likeness (QED) is 0.438. The lowest BCUT2D eigenvalue weighted by Crippen LogP contribution is -2.38. The summed E-state index contributed by atoms with van der Waals surface area (Å²) in [5.41, 5.74) is 2.57. The van der Waals surface area contributed by atoms with Crippen molar-refractivity contribution in [2.75, 3.05) is 20.1 Å². The second-order valence-electron chi connectivity index (χ2n) is 5.35. The van der Waals surface area contributed by atoms with Crippen molar-refractivity contribution in [3.05, 3.63) is 53.9 Å². The van der Waals surface area contributed by atoms with Crippen LogP contribution in [0.25, 0.3) is 0 Å². The van der Waals surface area contributed by atoms with Crippen LogP contribution in [0.1, 0.15) is 18.1 Å². The summed E-state index contributed by atoms with van der Waals surface area (Å²) in [7, 11) is 2.06. The lowest BCUT2D eigenvalue weighted by molar-refractivity contribution is 0.474. The minimum atomic E-state index is 0. The first-order chi connectivity index (χ1) is 10.7. The molecular formula is C17H26IN5. The third kappa shape index (κ3) is 6.60. The molecule has 0 atom stereocenters.